The van der Waals surface area contributed by atoms with Crippen molar-refractivity contribution < 1.29 is 4.39 Å². The Labute approximate surface area is 95.1 Å². The Morgan fingerprint density at radius 1 is 0.938 bits per heavy atom. The van der Waals surface area contributed by atoms with Crippen molar-refractivity contribution in [2.75, 3.05) is 6.54 Å². The minimum atomic E-state index is -0.141. The molecule has 2 heteroatoms. The van der Waals surface area contributed by atoms with E-state index in [0.717, 1.165) is 31.2 Å². The molecule has 16 heavy (non-hydrogen) atoms. The molecule has 0 saturated carbocycles. The second kappa shape index (κ2) is 5.08. The van der Waals surface area contributed by atoms with Gasteiger partial charge in [-0.25, -0.2) is 4.39 Å². The Hall–Kier alpha value is -1.41. The Morgan fingerprint density at radius 2 is 1.69 bits per heavy atom. The van der Waals surface area contributed by atoms with Crippen LogP contribution in [0.4, 0.5) is 4.39 Å². The molecule has 2 aromatic carbocycles. The zero-order chi connectivity index (χ0) is 11.4. The molecular weight excluding hydrogens is 201 g/mol. The SMILES string of the molecule is NCCCCc1ccc(F)c2ccccc12. The summed E-state index contributed by atoms with van der Waals surface area (Å²) in [7, 11) is 0. The molecule has 2 rings (SSSR count). The van der Waals surface area contributed by atoms with Gasteiger partial charge in [-0.1, -0.05) is 30.3 Å². The Kier molecular flexibility index (Phi) is 3.52. The highest BCUT2D eigenvalue weighted by molar-refractivity contribution is 5.86. The Morgan fingerprint density at radius 3 is 2.44 bits per heavy atom. The van der Waals surface area contributed by atoms with Crippen LogP contribution in [0.3, 0.4) is 0 Å². The molecule has 0 aliphatic rings. The summed E-state index contributed by atoms with van der Waals surface area (Å²) in [4.78, 5) is 0. The van der Waals surface area contributed by atoms with Gasteiger partial charge in [-0.05, 0) is 42.8 Å². The Balaban J connectivity index is 2.35. The van der Waals surface area contributed by atoms with Gasteiger partial charge in [0.25, 0.3) is 0 Å². The number of hydrogen-bond donors (Lipinski definition) is 1. The number of benzene rings is 2. The van der Waals surface area contributed by atoms with E-state index in [1.54, 1.807) is 6.07 Å². The maximum Gasteiger partial charge on any atom is 0.131 e. The number of rotatable bonds is 4. The summed E-state index contributed by atoms with van der Waals surface area (Å²) < 4.78 is 13.5. The molecule has 0 heterocycles. The van der Waals surface area contributed by atoms with Crippen LogP contribution in [0.25, 0.3) is 10.8 Å². The summed E-state index contributed by atoms with van der Waals surface area (Å²) in [5.74, 6) is -0.141. The van der Waals surface area contributed by atoms with E-state index in [1.165, 1.54) is 5.56 Å². The molecule has 1 nitrogen and oxygen atoms in total. The van der Waals surface area contributed by atoms with Gasteiger partial charge in [0.1, 0.15) is 5.82 Å². The fourth-order valence-corrected chi connectivity index (χ4v) is 2.00. The summed E-state index contributed by atoms with van der Waals surface area (Å²) in [6.07, 6.45) is 3.05. The maximum absolute atomic E-state index is 13.5. The lowest BCUT2D eigenvalue weighted by molar-refractivity contribution is 0.639. The van der Waals surface area contributed by atoms with Crippen LogP contribution in [0.1, 0.15) is 18.4 Å². The van der Waals surface area contributed by atoms with Crippen molar-refractivity contribution >= 4 is 10.8 Å². The zero-order valence-electron chi connectivity index (χ0n) is 9.25. The van der Waals surface area contributed by atoms with E-state index < -0.39 is 0 Å². The molecule has 0 atom stereocenters. The van der Waals surface area contributed by atoms with Crippen molar-refractivity contribution in [2.45, 2.75) is 19.3 Å². The normalized spacial score (nSPS) is 10.9. The first-order valence-electron chi connectivity index (χ1n) is 5.69. The summed E-state index contributed by atoms with van der Waals surface area (Å²) in [5, 5.41) is 1.74. The van der Waals surface area contributed by atoms with Crippen LogP contribution in [0.5, 0.6) is 0 Å². The van der Waals surface area contributed by atoms with Gasteiger partial charge in [0.15, 0.2) is 0 Å². The van der Waals surface area contributed by atoms with Crippen LogP contribution in [0.15, 0.2) is 36.4 Å². The molecule has 0 fully saturated rings. The highest BCUT2D eigenvalue weighted by atomic mass is 19.1. The molecule has 0 saturated heterocycles. The standard InChI is InChI=1S/C14H16FN/c15-14-9-8-11(5-3-4-10-16)12-6-1-2-7-13(12)14/h1-2,6-9H,3-5,10,16H2. The molecule has 0 aliphatic heterocycles. The molecule has 0 radical (unpaired) electrons. The van der Waals surface area contributed by atoms with Crippen molar-refractivity contribution in [1.29, 1.82) is 0 Å². The van der Waals surface area contributed by atoms with Crippen molar-refractivity contribution in [3.63, 3.8) is 0 Å². The summed E-state index contributed by atoms with van der Waals surface area (Å²) in [5.41, 5.74) is 6.68. The smallest absolute Gasteiger partial charge is 0.131 e. The van der Waals surface area contributed by atoms with Gasteiger partial charge in [0, 0.05) is 5.39 Å². The molecule has 0 unspecified atom stereocenters. The maximum atomic E-state index is 13.5. The molecule has 84 valence electrons. The van der Waals surface area contributed by atoms with Gasteiger partial charge in [0.05, 0.1) is 0 Å². The van der Waals surface area contributed by atoms with Crippen LogP contribution >= 0.6 is 0 Å². The van der Waals surface area contributed by atoms with Gasteiger partial charge in [0.2, 0.25) is 0 Å². The largest absolute Gasteiger partial charge is 0.330 e. The highest BCUT2D eigenvalue weighted by Gasteiger charge is 2.04. The minimum absolute atomic E-state index is 0.141. The van der Waals surface area contributed by atoms with Crippen LogP contribution in [0, 0.1) is 5.82 Å². The fourth-order valence-electron chi connectivity index (χ4n) is 2.00. The lowest BCUT2D eigenvalue weighted by atomic mass is 10.00. The van der Waals surface area contributed by atoms with E-state index in [-0.39, 0.29) is 5.82 Å². The van der Waals surface area contributed by atoms with Crippen LogP contribution in [-0.4, -0.2) is 6.54 Å². The number of fused-ring (bicyclic) bond motifs is 1. The number of unbranched alkanes of at least 4 members (excludes halogenated alkanes) is 1. The summed E-state index contributed by atoms with van der Waals surface area (Å²) in [6.45, 7) is 0.721. The second-order valence-electron chi connectivity index (χ2n) is 4.00. The molecule has 2 aromatic rings. The highest BCUT2D eigenvalue weighted by Crippen LogP contribution is 2.22. The Bertz CT molecular complexity index is 479. The summed E-state index contributed by atoms with van der Waals surface area (Å²) >= 11 is 0. The predicted octanol–water partition coefficient (Wildman–Crippen LogP) is 3.26. The van der Waals surface area contributed by atoms with Gasteiger partial charge in [-0.3, -0.25) is 0 Å². The average Bonchev–Trinajstić information content (AvgIpc) is 2.33. The van der Waals surface area contributed by atoms with E-state index in [9.17, 15) is 4.39 Å². The number of aryl methyl sites for hydroxylation is 1. The van der Waals surface area contributed by atoms with Crippen molar-refractivity contribution in [3.8, 4) is 0 Å². The topological polar surface area (TPSA) is 26.0 Å². The first kappa shape index (κ1) is 11.1. The third-order valence-corrected chi connectivity index (χ3v) is 2.86. The summed E-state index contributed by atoms with van der Waals surface area (Å²) in [6, 6.07) is 11.1. The minimum Gasteiger partial charge on any atom is -0.330 e. The van der Waals surface area contributed by atoms with E-state index in [2.05, 4.69) is 0 Å². The molecule has 0 spiro atoms. The molecular formula is C14H16FN. The van der Waals surface area contributed by atoms with Gasteiger partial charge >= 0.3 is 0 Å². The molecule has 2 N–H and O–H groups in total. The van der Waals surface area contributed by atoms with Crippen LogP contribution < -0.4 is 5.73 Å². The van der Waals surface area contributed by atoms with Gasteiger partial charge in [-0.2, -0.15) is 0 Å². The predicted molar refractivity (Wildman–Crippen MR) is 65.9 cm³/mol. The number of hydrogen-bond acceptors (Lipinski definition) is 1. The second-order valence-corrected chi connectivity index (χ2v) is 4.00. The van der Waals surface area contributed by atoms with E-state index in [0.29, 0.717) is 5.39 Å². The molecule has 0 amide bonds. The van der Waals surface area contributed by atoms with Gasteiger partial charge < -0.3 is 5.73 Å². The average molecular weight is 217 g/mol. The third-order valence-electron chi connectivity index (χ3n) is 2.86. The number of halogens is 1. The lowest BCUT2D eigenvalue weighted by Crippen LogP contribution is -1.99. The lowest BCUT2D eigenvalue weighted by Gasteiger charge is -2.06. The van der Waals surface area contributed by atoms with Crippen molar-refractivity contribution in [2.24, 2.45) is 5.73 Å². The number of nitrogens with two attached hydrogens (primary N) is 1. The zero-order valence-corrected chi connectivity index (χ0v) is 9.25. The van der Waals surface area contributed by atoms with E-state index in [4.69, 9.17) is 5.73 Å². The van der Waals surface area contributed by atoms with Crippen molar-refractivity contribution in [3.05, 3.63) is 47.8 Å². The fraction of sp³-hybridized carbons (Fsp3) is 0.286. The van der Waals surface area contributed by atoms with E-state index >= 15 is 0 Å². The van der Waals surface area contributed by atoms with Crippen molar-refractivity contribution in [1.82, 2.24) is 0 Å². The third kappa shape index (κ3) is 2.22. The first-order valence-corrected chi connectivity index (χ1v) is 5.69. The molecule has 0 bridgehead atoms. The van der Waals surface area contributed by atoms with Crippen LogP contribution in [0.2, 0.25) is 0 Å². The molecule has 0 aliphatic carbocycles. The molecule has 0 aromatic heterocycles. The van der Waals surface area contributed by atoms with Crippen LogP contribution in [-0.2, 0) is 6.42 Å². The van der Waals surface area contributed by atoms with E-state index in [1.807, 2.05) is 30.3 Å². The first-order chi connectivity index (χ1) is 7.83. The quantitative estimate of drug-likeness (QED) is 0.781. The van der Waals surface area contributed by atoms with Gasteiger partial charge in [-0.15, -0.1) is 0 Å². The monoisotopic (exact) mass is 217 g/mol.